The third kappa shape index (κ3) is 5.55. The average Bonchev–Trinajstić information content (AvgIpc) is 3.30. The highest BCUT2D eigenvalue weighted by molar-refractivity contribution is 9.14. The lowest BCUT2D eigenvalue weighted by atomic mass is 9.84. The Morgan fingerprint density at radius 3 is 2.65 bits per heavy atom. The first-order valence-electron chi connectivity index (χ1n) is 9.50. The van der Waals surface area contributed by atoms with Crippen LogP contribution in [0.4, 0.5) is 17.6 Å². The van der Waals surface area contributed by atoms with E-state index in [-0.39, 0.29) is 0 Å². The Bertz CT molecular complexity index is 1270. The summed E-state index contributed by atoms with van der Waals surface area (Å²) >= 11 is 4.60. The van der Waals surface area contributed by atoms with Gasteiger partial charge in [-0.25, -0.2) is 13.5 Å². The predicted octanol–water partition coefficient (Wildman–Crippen LogP) is 4.88. The number of thioether (sulfide) groups is 1. The number of allylic oxidation sites excluding steroid dienone is 2. The molecule has 0 saturated heterocycles. The fourth-order valence-corrected chi connectivity index (χ4v) is 3.92. The number of tetrazole rings is 1. The number of hydrogen-bond donors (Lipinski definition) is 1. The minimum atomic E-state index is -4.14. The van der Waals surface area contributed by atoms with E-state index in [9.17, 15) is 13.9 Å². The number of pyridine rings is 1. The summed E-state index contributed by atoms with van der Waals surface area (Å²) in [6, 6.07) is 4.16. The smallest absolute Gasteiger partial charge is 0.323 e. The molecule has 1 aromatic carbocycles. The molecule has 1 atom stereocenters. The number of hydrogen-bond acceptors (Lipinski definition) is 6. The Labute approximate surface area is 204 Å². The van der Waals surface area contributed by atoms with Crippen LogP contribution in [0.1, 0.15) is 23.7 Å². The molecular weight excluding hydrogens is 538 g/mol. The van der Waals surface area contributed by atoms with E-state index in [1.165, 1.54) is 17.8 Å². The van der Waals surface area contributed by atoms with E-state index in [1.807, 2.05) is 13.0 Å². The van der Waals surface area contributed by atoms with Crippen molar-refractivity contribution in [3.63, 3.8) is 0 Å². The molecule has 176 valence electrons. The molecule has 1 unspecified atom stereocenters. The molecule has 0 radical (unpaired) electrons. The molecule has 6 nitrogen and oxygen atoms in total. The topological polar surface area (TPSA) is 76.7 Å². The first kappa shape index (κ1) is 25.6. The zero-order valence-electron chi connectivity index (χ0n) is 17.5. The van der Waals surface area contributed by atoms with Crippen molar-refractivity contribution in [2.75, 3.05) is 0 Å². The molecule has 0 spiro atoms. The van der Waals surface area contributed by atoms with Gasteiger partial charge in [-0.1, -0.05) is 36.3 Å². The Morgan fingerprint density at radius 2 is 2.06 bits per heavy atom. The molecule has 0 fully saturated rings. The van der Waals surface area contributed by atoms with Crippen molar-refractivity contribution < 1.29 is 22.7 Å². The molecule has 3 rings (SSSR count). The van der Waals surface area contributed by atoms with E-state index in [2.05, 4.69) is 54.9 Å². The van der Waals surface area contributed by atoms with Crippen LogP contribution in [0.5, 0.6) is 0 Å². The number of nitrogens with zero attached hydrogens (tertiary/aromatic N) is 5. The number of benzene rings is 1. The first-order chi connectivity index (χ1) is 16.1. The average molecular weight is 554 g/mol. The van der Waals surface area contributed by atoms with Crippen LogP contribution in [-0.4, -0.2) is 30.3 Å². The summed E-state index contributed by atoms with van der Waals surface area (Å²) in [5.74, 6) is -0.953. The van der Waals surface area contributed by atoms with Gasteiger partial charge in [0.2, 0.25) is 0 Å². The molecule has 2 aromatic heterocycles. The van der Waals surface area contributed by atoms with Crippen molar-refractivity contribution in [1.82, 2.24) is 25.2 Å². The Hall–Kier alpha value is -3.01. The van der Waals surface area contributed by atoms with Crippen molar-refractivity contribution in [2.24, 2.45) is 0 Å². The Balaban J connectivity index is 1.98. The molecule has 0 aliphatic rings. The van der Waals surface area contributed by atoms with Gasteiger partial charge in [0.25, 0.3) is 0 Å². The van der Waals surface area contributed by atoms with E-state index in [4.69, 9.17) is 0 Å². The van der Waals surface area contributed by atoms with Gasteiger partial charge in [0.05, 0.1) is 15.3 Å². The molecule has 3 aromatic rings. The maximum atomic E-state index is 15.7. The minimum absolute atomic E-state index is 0.315. The van der Waals surface area contributed by atoms with Gasteiger partial charge in [-0.05, 0) is 57.5 Å². The van der Waals surface area contributed by atoms with Crippen molar-refractivity contribution in [1.29, 1.82) is 0 Å². The highest BCUT2D eigenvalue weighted by Gasteiger charge is 2.57. The van der Waals surface area contributed by atoms with E-state index >= 15 is 8.78 Å². The fourth-order valence-electron chi connectivity index (χ4n) is 2.88. The molecule has 2 heterocycles. The summed E-state index contributed by atoms with van der Waals surface area (Å²) < 4.78 is 60.9. The maximum absolute atomic E-state index is 15.7. The zero-order valence-corrected chi connectivity index (χ0v) is 19.9. The van der Waals surface area contributed by atoms with Crippen LogP contribution >= 0.6 is 27.7 Å². The fraction of sp³-hybridized carbons (Fsp3) is 0.182. The molecule has 0 bridgehead atoms. The van der Waals surface area contributed by atoms with Crippen LogP contribution in [0, 0.1) is 23.5 Å². The third-order valence-corrected chi connectivity index (χ3v) is 6.28. The van der Waals surface area contributed by atoms with Crippen LogP contribution in [0.25, 0.3) is 0 Å². The Morgan fingerprint density at radius 1 is 1.29 bits per heavy atom. The van der Waals surface area contributed by atoms with Gasteiger partial charge in [-0.2, -0.15) is 8.78 Å². The molecule has 0 saturated carbocycles. The van der Waals surface area contributed by atoms with Crippen molar-refractivity contribution in [3.05, 3.63) is 92.7 Å². The van der Waals surface area contributed by atoms with Gasteiger partial charge in [-0.15, -0.1) is 5.10 Å². The minimum Gasteiger partial charge on any atom is -0.377 e. The SMILES string of the molecule is C=C(C#Cc1ccc(C(F)(F)C(O)(Cn2cnnn2)c2ccc(F)cc2F)nc1)S/C(Br)=C\C. The number of alkyl halides is 2. The number of halogens is 5. The quantitative estimate of drug-likeness (QED) is 0.332. The second-order valence-electron chi connectivity index (χ2n) is 6.87. The number of aromatic nitrogens is 5. The second kappa shape index (κ2) is 10.5. The van der Waals surface area contributed by atoms with Gasteiger partial charge in [0.1, 0.15) is 23.7 Å². The summed E-state index contributed by atoms with van der Waals surface area (Å²) in [6.45, 7) is 4.69. The van der Waals surface area contributed by atoms with Crippen molar-refractivity contribution in [3.8, 4) is 11.8 Å². The second-order valence-corrected chi connectivity index (χ2v) is 9.38. The largest absolute Gasteiger partial charge is 0.377 e. The van der Waals surface area contributed by atoms with Gasteiger partial charge < -0.3 is 5.11 Å². The number of aliphatic hydroxyl groups is 1. The normalized spacial score (nSPS) is 13.7. The summed E-state index contributed by atoms with van der Waals surface area (Å²) in [4.78, 5) is 4.26. The molecule has 1 N–H and O–H groups in total. The summed E-state index contributed by atoms with van der Waals surface area (Å²) in [7, 11) is 0. The Kier molecular flexibility index (Phi) is 7.91. The van der Waals surface area contributed by atoms with E-state index in [1.54, 1.807) is 0 Å². The van der Waals surface area contributed by atoms with Gasteiger partial charge in [0.15, 0.2) is 5.60 Å². The molecular formula is C22H16BrF4N5OS. The molecule has 34 heavy (non-hydrogen) atoms. The van der Waals surface area contributed by atoms with Crippen LogP contribution in [-0.2, 0) is 18.1 Å². The lowest BCUT2D eigenvalue weighted by Gasteiger charge is -2.35. The van der Waals surface area contributed by atoms with Crippen LogP contribution in [0.15, 0.2) is 64.2 Å². The predicted molar refractivity (Wildman–Crippen MR) is 122 cm³/mol. The monoisotopic (exact) mass is 553 g/mol. The summed E-state index contributed by atoms with van der Waals surface area (Å²) in [5.41, 5.74) is -4.59. The van der Waals surface area contributed by atoms with Gasteiger partial charge >= 0.3 is 5.92 Å². The van der Waals surface area contributed by atoms with Crippen LogP contribution in [0.2, 0.25) is 0 Å². The summed E-state index contributed by atoms with van der Waals surface area (Å²) in [5, 5.41) is 21.3. The zero-order chi connectivity index (χ0) is 24.9. The maximum Gasteiger partial charge on any atom is 0.323 e. The van der Waals surface area contributed by atoms with E-state index < -0.39 is 41.0 Å². The van der Waals surface area contributed by atoms with E-state index in [0.29, 0.717) is 16.5 Å². The highest BCUT2D eigenvalue weighted by atomic mass is 79.9. The lowest BCUT2D eigenvalue weighted by molar-refractivity contribution is -0.207. The molecule has 0 aliphatic carbocycles. The number of rotatable bonds is 7. The van der Waals surface area contributed by atoms with Gasteiger partial charge in [-0.3, -0.25) is 4.98 Å². The molecule has 12 heteroatoms. The van der Waals surface area contributed by atoms with Crippen molar-refractivity contribution in [2.45, 2.75) is 25.0 Å². The van der Waals surface area contributed by atoms with Crippen molar-refractivity contribution >= 4 is 27.7 Å². The van der Waals surface area contributed by atoms with Crippen LogP contribution < -0.4 is 0 Å². The van der Waals surface area contributed by atoms with Crippen LogP contribution in [0.3, 0.4) is 0 Å². The van der Waals surface area contributed by atoms with E-state index in [0.717, 1.165) is 39.2 Å². The summed E-state index contributed by atoms with van der Waals surface area (Å²) in [6.07, 6.45) is 3.89. The van der Waals surface area contributed by atoms with Gasteiger partial charge in [0, 0.05) is 23.4 Å². The molecule has 0 aliphatic heterocycles. The highest BCUT2D eigenvalue weighted by Crippen LogP contribution is 2.46. The standard InChI is InChI=1S/C22H16BrF4N5OS/c1-3-20(23)34-14(2)4-5-15-6-9-19(28-11-15)22(26,27)21(33,12-32-13-29-30-31-32)17-8-7-16(24)10-18(17)25/h3,6-11,13,33H,2,12H2,1H3/b20-3-. The third-order valence-electron chi connectivity index (χ3n) is 4.56. The first-order valence-corrected chi connectivity index (χ1v) is 11.1. The molecule has 0 amide bonds. The lowest BCUT2D eigenvalue weighted by Crippen LogP contribution is -2.48.